The minimum atomic E-state index is -4.13. The van der Waals surface area contributed by atoms with E-state index in [4.69, 9.17) is 35.6 Å². The molecule has 0 unspecified atom stereocenters. The molecule has 174 valence electrons. The van der Waals surface area contributed by atoms with E-state index in [-0.39, 0.29) is 23.9 Å². The molecule has 2 fully saturated rings. The van der Waals surface area contributed by atoms with E-state index in [1.165, 1.54) is 30.5 Å². The average molecular weight is 492 g/mol. The number of aliphatic hydroxyl groups is 2. The fourth-order valence-corrected chi connectivity index (χ4v) is 5.06. The maximum absolute atomic E-state index is 13.6. The highest BCUT2D eigenvalue weighted by atomic mass is 35.5. The summed E-state index contributed by atoms with van der Waals surface area (Å²) in [6, 6.07) is 5.04. The van der Waals surface area contributed by atoms with Crippen LogP contribution in [0.4, 0.5) is 10.2 Å². The molecule has 2 saturated heterocycles. The zero-order valence-corrected chi connectivity index (χ0v) is 18.1. The number of nitrogens with two attached hydrogens (primary N) is 1. The predicted octanol–water partition coefficient (Wildman–Crippen LogP) is 1.54. The topological polar surface area (TPSA) is 155 Å². The van der Waals surface area contributed by atoms with Crippen molar-refractivity contribution in [3.63, 3.8) is 0 Å². The van der Waals surface area contributed by atoms with E-state index in [9.17, 15) is 24.0 Å². The van der Waals surface area contributed by atoms with E-state index in [0.29, 0.717) is 5.56 Å². The first-order valence-corrected chi connectivity index (χ1v) is 11.4. The number of aliphatic hydroxyl groups excluding tert-OH is 2. The van der Waals surface area contributed by atoms with E-state index >= 15 is 0 Å². The second-order valence-electron chi connectivity index (χ2n) is 7.21. The average Bonchev–Trinajstić information content (AvgIpc) is 3.02. The van der Waals surface area contributed by atoms with Crippen molar-refractivity contribution in [2.45, 2.75) is 37.1 Å². The Kier molecular flexibility index (Phi) is 6.66. The molecule has 0 spiro atoms. The summed E-state index contributed by atoms with van der Waals surface area (Å²) in [5, 5.41) is 20.8. The summed E-state index contributed by atoms with van der Waals surface area (Å²) in [4.78, 5) is 15.6. The van der Waals surface area contributed by atoms with E-state index < -0.39 is 56.6 Å². The standard InChI is InChI=1S/C18H20ClFN3O8P/c19-11-2-1-9(20)7-10(11)12-4-6-28-32(27,31-12)29-8-13-15(24)16(25)17(30-13)23-5-3-14(21)22-18(23)26/h1-3,5,7,12-13,15-17,24-25H,4,6,8H2,(H2,21,22,26)/t12-,13-,15-,16+,17-,32+/m1/s1. The lowest BCUT2D eigenvalue weighted by molar-refractivity contribution is -0.0609. The molecule has 4 N–H and O–H groups in total. The van der Waals surface area contributed by atoms with E-state index in [1.54, 1.807) is 0 Å². The van der Waals surface area contributed by atoms with Gasteiger partial charge in [0.1, 0.15) is 29.9 Å². The summed E-state index contributed by atoms with van der Waals surface area (Å²) in [7, 11) is -4.13. The molecule has 32 heavy (non-hydrogen) atoms. The van der Waals surface area contributed by atoms with Crippen LogP contribution in [0, 0.1) is 5.82 Å². The molecule has 2 aliphatic rings. The molecule has 4 rings (SSSR count). The highest BCUT2D eigenvalue weighted by Crippen LogP contribution is 2.57. The number of anilines is 1. The molecule has 0 radical (unpaired) electrons. The number of hydrogen-bond donors (Lipinski definition) is 3. The molecule has 1 aromatic carbocycles. The van der Waals surface area contributed by atoms with Gasteiger partial charge in [-0.15, -0.1) is 0 Å². The van der Waals surface area contributed by atoms with E-state index in [1.807, 2.05) is 0 Å². The lowest BCUT2D eigenvalue weighted by Crippen LogP contribution is -2.36. The lowest BCUT2D eigenvalue weighted by Gasteiger charge is -2.30. The molecule has 0 aliphatic carbocycles. The third-order valence-corrected chi connectivity index (χ3v) is 6.87. The van der Waals surface area contributed by atoms with Crippen LogP contribution in [0.15, 0.2) is 35.3 Å². The van der Waals surface area contributed by atoms with Gasteiger partial charge in [0.15, 0.2) is 6.23 Å². The van der Waals surface area contributed by atoms with Crippen LogP contribution in [0.1, 0.15) is 24.3 Å². The molecule has 0 saturated carbocycles. The largest absolute Gasteiger partial charge is 0.475 e. The first-order chi connectivity index (χ1) is 15.2. The number of nitrogen functional groups attached to an aromatic ring is 1. The maximum Gasteiger partial charge on any atom is 0.475 e. The van der Waals surface area contributed by atoms with Crippen molar-refractivity contribution in [2.24, 2.45) is 0 Å². The first-order valence-electron chi connectivity index (χ1n) is 9.55. The van der Waals surface area contributed by atoms with Crippen LogP contribution in [0.2, 0.25) is 5.02 Å². The summed E-state index contributed by atoms with van der Waals surface area (Å²) in [5.41, 5.74) is 4.95. The Morgan fingerprint density at radius 1 is 1.34 bits per heavy atom. The Labute approximate surface area is 186 Å². The SMILES string of the molecule is Nc1ccn([C@@H]2O[C@H](CO[P@]3(=O)OCC[C@H](c4cc(F)ccc4Cl)O3)[C@@H](O)[C@@H]2O)c(=O)n1. The number of phosphoric acid groups is 1. The summed E-state index contributed by atoms with van der Waals surface area (Å²) >= 11 is 6.10. The summed E-state index contributed by atoms with van der Waals surface area (Å²) in [6.45, 7) is -0.507. The highest BCUT2D eigenvalue weighted by Gasteiger charge is 2.46. The Balaban J connectivity index is 1.44. The van der Waals surface area contributed by atoms with Gasteiger partial charge in [0.2, 0.25) is 0 Å². The normalized spacial score (nSPS) is 32.8. The third kappa shape index (κ3) is 4.73. The molecule has 11 nitrogen and oxygen atoms in total. The van der Waals surface area contributed by atoms with Crippen molar-refractivity contribution >= 4 is 25.2 Å². The van der Waals surface area contributed by atoms with Crippen LogP contribution in [-0.2, 0) is 22.9 Å². The quantitative estimate of drug-likeness (QED) is 0.524. The number of benzene rings is 1. The molecule has 1 aromatic heterocycles. The van der Waals surface area contributed by atoms with Gasteiger partial charge in [-0.25, -0.2) is 13.8 Å². The monoisotopic (exact) mass is 491 g/mol. The zero-order valence-electron chi connectivity index (χ0n) is 16.4. The van der Waals surface area contributed by atoms with Crippen molar-refractivity contribution in [2.75, 3.05) is 18.9 Å². The second kappa shape index (κ2) is 9.16. The molecule has 6 atom stereocenters. The minimum Gasteiger partial charge on any atom is -0.387 e. The number of nitrogens with zero attached hydrogens (tertiary/aromatic N) is 2. The van der Waals surface area contributed by atoms with Crippen molar-refractivity contribution in [1.29, 1.82) is 0 Å². The van der Waals surface area contributed by atoms with Crippen LogP contribution in [0.5, 0.6) is 0 Å². The summed E-state index contributed by atoms with van der Waals surface area (Å²) in [5.74, 6) is -0.554. The Hall–Kier alpha value is -1.89. The number of aromatic nitrogens is 2. The fraction of sp³-hybridized carbons (Fsp3) is 0.444. The maximum atomic E-state index is 13.6. The van der Waals surface area contributed by atoms with Crippen molar-refractivity contribution < 1.29 is 37.5 Å². The van der Waals surface area contributed by atoms with Gasteiger partial charge in [0.05, 0.1) is 19.3 Å². The third-order valence-electron chi connectivity index (χ3n) is 5.05. The van der Waals surface area contributed by atoms with Crippen LogP contribution in [0.25, 0.3) is 0 Å². The minimum absolute atomic E-state index is 0.0133. The summed E-state index contributed by atoms with van der Waals surface area (Å²) < 4.78 is 48.9. The Bertz CT molecular complexity index is 1100. The smallest absolute Gasteiger partial charge is 0.387 e. The second-order valence-corrected chi connectivity index (χ2v) is 9.24. The Morgan fingerprint density at radius 3 is 2.88 bits per heavy atom. The van der Waals surface area contributed by atoms with Crippen molar-refractivity contribution in [3.05, 3.63) is 57.3 Å². The van der Waals surface area contributed by atoms with Crippen LogP contribution in [-0.4, -0.2) is 51.3 Å². The van der Waals surface area contributed by atoms with Gasteiger partial charge in [-0.1, -0.05) is 11.6 Å². The number of phosphoric ester groups is 1. The van der Waals surface area contributed by atoms with E-state index in [2.05, 4.69) is 4.98 Å². The van der Waals surface area contributed by atoms with Gasteiger partial charge in [-0.2, -0.15) is 4.98 Å². The number of halogens is 2. The number of ether oxygens (including phenoxy) is 1. The lowest BCUT2D eigenvalue weighted by atomic mass is 10.1. The molecular weight excluding hydrogens is 472 g/mol. The van der Waals surface area contributed by atoms with Gasteiger partial charge < -0.3 is 20.7 Å². The fourth-order valence-electron chi connectivity index (χ4n) is 3.43. The Morgan fingerprint density at radius 2 is 2.12 bits per heavy atom. The van der Waals surface area contributed by atoms with Gasteiger partial charge in [-0.3, -0.25) is 18.1 Å². The van der Waals surface area contributed by atoms with Gasteiger partial charge in [0, 0.05) is 23.2 Å². The van der Waals surface area contributed by atoms with Gasteiger partial charge in [0.25, 0.3) is 0 Å². The predicted molar refractivity (Wildman–Crippen MR) is 108 cm³/mol. The van der Waals surface area contributed by atoms with E-state index in [0.717, 1.165) is 4.57 Å². The molecule has 0 bridgehead atoms. The van der Waals surface area contributed by atoms with Crippen molar-refractivity contribution in [3.8, 4) is 0 Å². The van der Waals surface area contributed by atoms with Crippen molar-refractivity contribution in [1.82, 2.24) is 9.55 Å². The highest BCUT2D eigenvalue weighted by molar-refractivity contribution is 7.48. The van der Waals surface area contributed by atoms with Gasteiger partial charge >= 0.3 is 13.5 Å². The molecule has 14 heteroatoms. The van der Waals surface area contributed by atoms with Crippen LogP contribution >= 0.6 is 19.4 Å². The molecule has 2 aliphatic heterocycles. The molecular formula is C18H20ClFN3O8P. The molecule has 0 amide bonds. The number of hydrogen-bond acceptors (Lipinski definition) is 10. The summed E-state index contributed by atoms with van der Waals surface area (Å²) in [6.07, 6.45) is -4.74. The zero-order chi connectivity index (χ0) is 23.0. The first kappa shape index (κ1) is 23.3. The number of rotatable bonds is 5. The van der Waals surface area contributed by atoms with Crippen LogP contribution in [0.3, 0.4) is 0 Å². The van der Waals surface area contributed by atoms with Gasteiger partial charge in [-0.05, 0) is 24.3 Å². The molecule has 2 aromatic rings. The molecule has 3 heterocycles. The van der Waals surface area contributed by atoms with Crippen LogP contribution < -0.4 is 11.4 Å².